The normalized spacial score (nSPS) is 14.0. The first-order chi connectivity index (χ1) is 33.8. The number of aromatic nitrogens is 3. The van der Waals surface area contributed by atoms with Gasteiger partial charge in [0.15, 0.2) is 0 Å². The van der Waals surface area contributed by atoms with Crippen LogP contribution in [0, 0.1) is 39.5 Å². The minimum absolute atomic E-state index is 0. The molecular formula is C57H39N4OPt-3. The van der Waals surface area contributed by atoms with Crippen molar-refractivity contribution in [2.24, 2.45) is 0 Å². The molecule has 0 atom stereocenters. The van der Waals surface area contributed by atoms with E-state index >= 15 is 0 Å². The zero-order valence-corrected chi connectivity index (χ0v) is 36.2. The minimum Gasteiger partial charge on any atom is -0.509 e. The molecule has 0 aliphatic carbocycles. The molecule has 0 bridgehead atoms. The van der Waals surface area contributed by atoms with Gasteiger partial charge in [-0.05, 0) is 99.9 Å². The number of hydrogen-bond acceptors (Lipinski definition) is 3. The number of ether oxygens (including phenoxy) is 1. The molecule has 1 aliphatic heterocycles. The van der Waals surface area contributed by atoms with Gasteiger partial charge >= 0.3 is 0 Å². The van der Waals surface area contributed by atoms with Crippen LogP contribution in [0.25, 0.3) is 82.1 Å². The molecule has 0 unspecified atom stereocenters. The number of hydrogen-bond donors (Lipinski definition) is 0. The second kappa shape index (κ2) is 15.2. The van der Waals surface area contributed by atoms with Gasteiger partial charge in [-0.2, -0.15) is 12.1 Å². The molecule has 0 spiro atoms. The van der Waals surface area contributed by atoms with E-state index in [0.717, 1.165) is 65.8 Å². The number of aryl methyl sites for hydroxylation is 3. The molecule has 0 saturated carbocycles. The molecule has 3 aromatic heterocycles. The maximum Gasteiger partial charge on any atom is 0.135 e. The van der Waals surface area contributed by atoms with E-state index in [0.29, 0.717) is 17.0 Å². The Balaban J connectivity index is 0.00000547. The van der Waals surface area contributed by atoms with Gasteiger partial charge in [-0.3, -0.25) is 0 Å². The quantitative estimate of drug-likeness (QED) is 0.161. The molecule has 12 rings (SSSR count). The summed E-state index contributed by atoms with van der Waals surface area (Å²) in [5.74, 6) is 1.06. The monoisotopic (exact) mass is 998 g/mol. The first-order valence-electron chi connectivity index (χ1n) is 24.4. The van der Waals surface area contributed by atoms with Gasteiger partial charge in [0.25, 0.3) is 0 Å². The standard InChI is InChI=1S/C57H39N4O.Pt/c1-36-26-28-45-43-19-7-8-20-44(43)48-23-13-25-53-57(48)60(56-37(2)14-11-22-49(56)50(45)30-36)35-59(53)40-17-12-18-41(32-40)62-42-27-29-47-46-21-9-10-24-52(46)61(54(47)33-42)55-31-38(3)51(34-58-55)39-15-5-4-6-16-39;/h4-31,34-35H,1-3H3;/q-3;/i3D3,4D,5D,6D,15D,16D;. The molecule has 4 heterocycles. The van der Waals surface area contributed by atoms with Crippen molar-refractivity contribution in [2.75, 3.05) is 4.90 Å². The Labute approximate surface area is 391 Å². The van der Waals surface area contributed by atoms with E-state index in [1.165, 1.54) is 28.6 Å². The van der Waals surface area contributed by atoms with E-state index in [-0.39, 0.29) is 43.6 Å². The van der Waals surface area contributed by atoms with E-state index < -0.39 is 37.1 Å². The van der Waals surface area contributed by atoms with Crippen molar-refractivity contribution >= 4 is 76.5 Å². The van der Waals surface area contributed by atoms with Crippen molar-refractivity contribution in [3.8, 4) is 28.4 Å². The summed E-state index contributed by atoms with van der Waals surface area (Å²) in [6.07, 6.45) is 1.27. The van der Waals surface area contributed by atoms with Crippen LogP contribution in [0.15, 0.2) is 176 Å². The minimum atomic E-state index is -2.74. The number of benzene rings is 8. The van der Waals surface area contributed by atoms with Crippen molar-refractivity contribution in [3.63, 3.8) is 0 Å². The molecule has 0 saturated heterocycles. The number of fused-ring (bicyclic) bond motifs is 10. The second-order valence-electron chi connectivity index (χ2n) is 15.6. The smallest absolute Gasteiger partial charge is 0.135 e. The molecule has 0 N–H and O–H groups in total. The van der Waals surface area contributed by atoms with Crippen LogP contribution >= 0.6 is 0 Å². The molecule has 0 radical (unpaired) electrons. The van der Waals surface area contributed by atoms with Gasteiger partial charge in [-0.25, -0.2) is 4.98 Å². The molecule has 0 fully saturated rings. The van der Waals surface area contributed by atoms with Crippen LogP contribution in [0.2, 0.25) is 0 Å². The van der Waals surface area contributed by atoms with Gasteiger partial charge in [0, 0.05) is 59.6 Å². The largest absolute Gasteiger partial charge is 0.509 e. The van der Waals surface area contributed by atoms with Gasteiger partial charge in [0.05, 0.1) is 6.85 Å². The van der Waals surface area contributed by atoms with Crippen molar-refractivity contribution < 1.29 is 36.8 Å². The summed E-state index contributed by atoms with van der Waals surface area (Å²) in [4.78, 5) is 6.86. The molecule has 8 aromatic carbocycles. The third kappa shape index (κ3) is 6.26. The predicted octanol–water partition coefficient (Wildman–Crippen LogP) is 14.8. The van der Waals surface area contributed by atoms with Crippen molar-refractivity contribution in [1.29, 1.82) is 0 Å². The zero-order chi connectivity index (χ0) is 48.3. The van der Waals surface area contributed by atoms with Crippen LogP contribution in [-0.2, 0) is 21.1 Å². The first-order valence-corrected chi connectivity index (χ1v) is 20.4. The molecule has 63 heavy (non-hydrogen) atoms. The number of rotatable bonds is 5. The first kappa shape index (κ1) is 30.7. The van der Waals surface area contributed by atoms with Crippen molar-refractivity contribution in [3.05, 3.63) is 211 Å². The van der Waals surface area contributed by atoms with E-state index in [9.17, 15) is 0 Å². The number of nitrogens with zero attached hydrogens (tertiary/aromatic N) is 4. The van der Waals surface area contributed by atoms with Crippen LogP contribution in [0.4, 0.5) is 11.4 Å². The maximum absolute atomic E-state index is 8.61. The molecule has 0 amide bonds. The summed E-state index contributed by atoms with van der Waals surface area (Å²) in [5, 5.41) is 8.55. The van der Waals surface area contributed by atoms with Crippen molar-refractivity contribution in [1.82, 2.24) is 14.1 Å². The summed E-state index contributed by atoms with van der Waals surface area (Å²) < 4.78 is 78.2. The van der Waals surface area contributed by atoms with Crippen LogP contribution in [-0.4, -0.2) is 14.1 Å². The molecule has 11 aromatic rings. The van der Waals surface area contributed by atoms with E-state index in [1.807, 2.05) is 54.6 Å². The molecule has 306 valence electrons. The Morgan fingerprint density at radius 3 is 2.16 bits per heavy atom. The zero-order valence-electron chi connectivity index (χ0n) is 41.9. The number of pyridine rings is 1. The fourth-order valence-electron chi connectivity index (χ4n) is 9.13. The van der Waals surface area contributed by atoms with Crippen LogP contribution < -0.4 is 9.64 Å². The van der Waals surface area contributed by atoms with E-state index in [2.05, 4.69) is 121 Å². The summed E-state index contributed by atoms with van der Waals surface area (Å²) in [6, 6.07) is 51.1. The molecule has 6 heteroatoms. The Bertz CT molecular complexity index is 4100. The van der Waals surface area contributed by atoms with Gasteiger partial charge in [0.2, 0.25) is 0 Å². The SMILES string of the molecule is [2H]c1c([2H])c([2H])c(-c2cnc(-n3c4[c-]c(Oc5[c-]c(N6[CH-]n7c8c(C)cccc8c8cc(C)ccc8c8ccccc8c8cccc6c87)ccc5)ccc4c4ccccc43)cc2C([2H])([2H])[2H])c([2H])c1[2H].[Pt]. The topological polar surface area (TPSA) is 35.2 Å². The molecule has 1 aliphatic rings. The summed E-state index contributed by atoms with van der Waals surface area (Å²) >= 11 is 0. The van der Waals surface area contributed by atoms with Gasteiger partial charge in [-0.1, -0.05) is 149 Å². The van der Waals surface area contributed by atoms with Crippen molar-refractivity contribution in [2.45, 2.75) is 20.7 Å². The Hall–Kier alpha value is -7.33. The second-order valence-corrected chi connectivity index (χ2v) is 15.6. The van der Waals surface area contributed by atoms with Crippen LogP contribution in [0.5, 0.6) is 11.5 Å². The number of anilines is 2. The Morgan fingerprint density at radius 1 is 0.619 bits per heavy atom. The summed E-state index contributed by atoms with van der Waals surface area (Å²) in [5.41, 5.74) is 6.96. The van der Waals surface area contributed by atoms with Crippen LogP contribution in [0.3, 0.4) is 0 Å². The Kier molecular flexibility index (Phi) is 7.41. The van der Waals surface area contributed by atoms with E-state index in [4.69, 9.17) is 20.7 Å². The average molecular weight is 999 g/mol. The van der Waals surface area contributed by atoms with E-state index in [1.54, 1.807) is 4.57 Å². The molecule has 5 nitrogen and oxygen atoms in total. The van der Waals surface area contributed by atoms with Crippen LogP contribution in [0.1, 0.15) is 27.7 Å². The third-order valence-electron chi connectivity index (χ3n) is 11.9. The third-order valence-corrected chi connectivity index (χ3v) is 11.9. The van der Waals surface area contributed by atoms with Gasteiger partial charge < -0.3 is 18.8 Å². The fraction of sp³-hybridized carbons (Fsp3) is 0.0526. The number of para-hydroxylation sites is 3. The summed E-state index contributed by atoms with van der Waals surface area (Å²) in [7, 11) is 0. The predicted molar refractivity (Wildman–Crippen MR) is 256 cm³/mol. The van der Waals surface area contributed by atoms with Gasteiger partial charge in [-0.15, -0.1) is 35.7 Å². The fourth-order valence-corrected chi connectivity index (χ4v) is 9.13. The average Bonchev–Trinajstić information content (AvgIpc) is 3.91. The Morgan fingerprint density at radius 2 is 1.32 bits per heavy atom. The van der Waals surface area contributed by atoms with Gasteiger partial charge in [0.1, 0.15) is 5.82 Å². The summed E-state index contributed by atoms with van der Waals surface area (Å²) in [6.45, 7) is 3.69. The maximum atomic E-state index is 8.61. The molecular weight excluding hydrogens is 952 g/mol.